The Morgan fingerprint density at radius 3 is 2.79 bits per heavy atom. The van der Waals surface area contributed by atoms with E-state index >= 15 is 0 Å². The van der Waals surface area contributed by atoms with Crippen molar-refractivity contribution < 1.29 is 13.9 Å². The molecule has 0 atom stereocenters. The highest BCUT2D eigenvalue weighted by atomic mass is 19.1. The van der Waals surface area contributed by atoms with Crippen molar-refractivity contribution in [2.45, 2.75) is 0 Å². The highest BCUT2D eigenvalue weighted by Crippen LogP contribution is 2.22. The number of aromatic hydroxyl groups is 1. The maximum atomic E-state index is 13.8. The third-order valence-electron chi connectivity index (χ3n) is 3.59. The summed E-state index contributed by atoms with van der Waals surface area (Å²) in [6, 6.07) is 12.2. The molecular formula is C17H10FN3O3. The molecule has 0 bridgehead atoms. The Hall–Kier alpha value is -3.48. The van der Waals surface area contributed by atoms with E-state index in [1.807, 2.05) is 0 Å². The Balaban J connectivity index is 1.84. The number of halogens is 1. The number of benzene rings is 2. The number of phenols is 1. The zero-order chi connectivity index (χ0) is 16.7. The number of hydrogen-bond acceptors (Lipinski definition) is 5. The molecule has 0 aliphatic heterocycles. The summed E-state index contributed by atoms with van der Waals surface area (Å²) in [4.78, 5) is 12.1. The lowest BCUT2D eigenvalue weighted by molar-refractivity contribution is 0.473. The molecule has 4 aromatic rings. The largest absolute Gasteiger partial charge is 0.508 e. The van der Waals surface area contributed by atoms with Gasteiger partial charge in [-0.25, -0.2) is 13.9 Å². The van der Waals surface area contributed by atoms with Crippen LogP contribution in [0, 0.1) is 5.82 Å². The van der Waals surface area contributed by atoms with Crippen LogP contribution in [0.2, 0.25) is 0 Å². The lowest BCUT2D eigenvalue weighted by Gasteiger charge is -2.01. The van der Waals surface area contributed by atoms with Gasteiger partial charge in [-0.15, -0.1) is 5.10 Å². The van der Waals surface area contributed by atoms with Crippen molar-refractivity contribution in [3.05, 3.63) is 71.0 Å². The molecule has 7 heteroatoms. The SMILES string of the molecule is O=c1oc2cc(O)ccc2cc1-n1cc(-c2ccccc2F)nn1. The zero-order valence-electron chi connectivity index (χ0n) is 12.2. The number of fused-ring (bicyclic) bond motifs is 1. The predicted molar refractivity (Wildman–Crippen MR) is 84.5 cm³/mol. The van der Waals surface area contributed by atoms with E-state index in [-0.39, 0.29) is 17.0 Å². The molecule has 0 fully saturated rings. The van der Waals surface area contributed by atoms with Crippen molar-refractivity contribution in [2.24, 2.45) is 0 Å². The second-order valence-corrected chi connectivity index (χ2v) is 5.17. The number of hydrogen-bond donors (Lipinski definition) is 1. The Labute approximate surface area is 134 Å². The van der Waals surface area contributed by atoms with Gasteiger partial charge in [-0.05, 0) is 30.3 Å². The van der Waals surface area contributed by atoms with Crippen molar-refractivity contribution in [2.75, 3.05) is 0 Å². The first-order valence-electron chi connectivity index (χ1n) is 7.06. The Kier molecular flexibility index (Phi) is 3.13. The number of nitrogens with zero attached hydrogens (tertiary/aromatic N) is 3. The lowest BCUT2D eigenvalue weighted by atomic mass is 10.1. The molecule has 0 spiro atoms. The Morgan fingerprint density at radius 2 is 1.96 bits per heavy atom. The first kappa shape index (κ1) is 14.1. The van der Waals surface area contributed by atoms with Crippen LogP contribution in [0.1, 0.15) is 0 Å². The first-order valence-corrected chi connectivity index (χ1v) is 7.06. The van der Waals surface area contributed by atoms with E-state index < -0.39 is 11.4 Å². The van der Waals surface area contributed by atoms with Gasteiger partial charge in [0.05, 0.1) is 6.20 Å². The molecule has 0 amide bonds. The molecule has 0 saturated heterocycles. The second-order valence-electron chi connectivity index (χ2n) is 5.17. The van der Waals surface area contributed by atoms with Gasteiger partial charge < -0.3 is 9.52 Å². The van der Waals surface area contributed by atoms with E-state index in [1.54, 1.807) is 30.3 Å². The van der Waals surface area contributed by atoms with Crippen molar-refractivity contribution in [1.82, 2.24) is 15.0 Å². The van der Waals surface area contributed by atoms with Gasteiger partial charge in [-0.3, -0.25) is 0 Å². The van der Waals surface area contributed by atoms with Gasteiger partial charge in [0, 0.05) is 17.0 Å². The molecule has 1 N–H and O–H groups in total. The average molecular weight is 323 g/mol. The van der Waals surface area contributed by atoms with Crippen LogP contribution < -0.4 is 5.63 Å². The number of aromatic nitrogens is 3. The van der Waals surface area contributed by atoms with Crippen LogP contribution in [-0.4, -0.2) is 20.1 Å². The van der Waals surface area contributed by atoms with E-state index in [1.165, 1.54) is 29.1 Å². The Bertz CT molecular complexity index is 1120. The van der Waals surface area contributed by atoms with E-state index in [4.69, 9.17) is 4.42 Å². The molecule has 2 heterocycles. The molecule has 24 heavy (non-hydrogen) atoms. The van der Waals surface area contributed by atoms with E-state index in [0.717, 1.165) is 0 Å². The fraction of sp³-hybridized carbons (Fsp3) is 0. The van der Waals surface area contributed by atoms with Gasteiger partial charge in [-0.2, -0.15) is 0 Å². The number of phenolic OH excluding ortho intramolecular Hbond substituents is 1. The molecule has 0 radical (unpaired) electrons. The third kappa shape index (κ3) is 2.32. The van der Waals surface area contributed by atoms with E-state index in [2.05, 4.69) is 10.3 Å². The minimum atomic E-state index is -0.641. The van der Waals surface area contributed by atoms with Gasteiger partial charge in [0.1, 0.15) is 22.8 Å². The van der Waals surface area contributed by atoms with Crippen LogP contribution in [0.5, 0.6) is 5.75 Å². The first-order chi connectivity index (χ1) is 11.6. The summed E-state index contributed by atoms with van der Waals surface area (Å²) in [6.07, 6.45) is 1.46. The Morgan fingerprint density at radius 1 is 1.12 bits per heavy atom. The summed E-state index contributed by atoms with van der Waals surface area (Å²) >= 11 is 0. The monoisotopic (exact) mass is 323 g/mol. The van der Waals surface area contributed by atoms with Crippen LogP contribution in [0.4, 0.5) is 4.39 Å². The van der Waals surface area contributed by atoms with Crippen LogP contribution in [-0.2, 0) is 0 Å². The predicted octanol–water partition coefficient (Wildman–Crippen LogP) is 2.89. The van der Waals surface area contributed by atoms with E-state index in [0.29, 0.717) is 16.6 Å². The molecule has 0 aliphatic carbocycles. The van der Waals surface area contributed by atoms with Gasteiger partial charge in [0.2, 0.25) is 0 Å². The van der Waals surface area contributed by atoms with E-state index in [9.17, 15) is 14.3 Å². The van der Waals surface area contributed by atoms with Crippen LogP contribution in [0.15, 0.2) is 63.9 Å². The fourth-order valence-corrected chi connectivity index (χ4v) is 2.42. The van der Waals surface area contributed by atoms with Crippen molar-refractivity contribution in [3.8, 4) is 22.7 Å². The molecule has 2 aromatic carbocycles. The maximum Gasteiger partial charge on any atom is 0.362 e. The molecule has 0 saturated carbocycles. The van der Waals surface area contributed by atoms with Crippen LogP contribution in [0.3, 0.4) is 0 Å². The summed E-state index contributed by atoms with van der Waals surface area (Å²) in [5.74, 6) is -0.424. The fourth-order valence-electron chi connectivity index (χ4n) is 2.42. The molecule has 6 nitrogen and oxygen atoms in total. The summed E-state index contributed by atoms with van der Waals surface area (Å²) in [6.45, 7) is 0. The molecule has 118 valence electrons. The van der Waals surface area contributed by atoms with Crippen molar-refractivity contribution in [1.29, 1.82) is 0 Å². The quantitative estimate of drug-likeness (QED) is 0.574. The molecule has 0 aliphatic rings. The van der Waals surface area contributed by atoms with Gasteiger partial charge in [0.15, 0.2) is 5.69 Å². The number of rotatable bonds is 2. The summed E-state index contributed by atoms with van der Waals surface area (Å²) in [5, 5.41) is 17.8. The molecule has 0 unspecified atom stereocenters. The zero-order valence-corrected chi connectivity index (χ0v) is 12.2. The van der Waals surface area contributed by atoms with Gasteiger partial charge >= 0.3 is 5.63 Å². The molecule has 2 aromatic heterocycles. The molecule has 4 rings (SSSR count). The van der Waals surface area contributed by atoms with Crippen LogP contribution in [0.25, 0.3) is 27.9 Å². The minimum absolute atomic E-state index is 0.000921. The topological polar surface area (TPSA) is 81.1 Å². The van der Waals surface area contributed by atoms with Crippen molar-refractivity contribution >= 4 is 11.0 Å². The second kappa shape index (κ2) is 5.31. The normalized spacial score (nSPS) is 11.0. The summed E-state index contributed by atoms with van der Waals surface area (Å²) < 4.78 is 20.3. The van der Waals surface area contributed by atoms with Crippen LogP contribution >= 0.6 is 0 Å². The van der Waals surface area contributed by atoms with Gasteiger partial charge in [0.25, 0.3) is 0 Å². The summed E-state index contributed by atoms with van der Waals surface area (Å²) in [5.41, 5.74) is 0.358. The maximum absolute atomic E-state index is 13.8. The average Bonchev–Trinajstić information content (AvgIpc) is 3.04. The van der Waals surface area contributed by atoms with Crippen molar-refractivity contribution in [3.63, 3.8) is 0 Å². The van der Waals surface area contributed by atoms with Gasteiger partial charge in [-0.1, -0.05) is 17.3 Å². The minimum Gasteiger partial charge on any atom is -0.508 e. The third-order valence-corrected chi connectivity index (χ3v) is 3.59. The molecular weight excluding hydrogens is 313 g/mol. The highest BCUT2D eigenvalue weighted by molar-refractivity contribution is 5.79. The summed E-state index contributed by atoms with van der Waals surface area (Å²) in [7, 11) is 0. The highest BCUT2D eigenvalue weighted by Gasteiger charge is 2.13. The standard InChI is InChI=1S/C17H10FN3O3/c18-13-4-2-1-3-12(13)14-9-21(20-19-14)15-7-10-5-6-11(22)8-16(10)24-17(15)23/h1-9,22H. The smallest absolute Gasteiger partial charge is 0.362 e. The lowest BCUT2D eigenvalue weighted by Crippen LogP contribution is -2.10.